The SMILES string of the molecule is Cc1ccc(N2CCN(C(c3ccc(F)cc3)c3nnc(-c4ccccc4)o3)CC2)c(C)c1. The van der Waals surface area contributed by atoms with Gasteiger partial charge in [-0.3, -0.25) is 4.90 Å². The summed E-state index contributed by atoms with van der Waals surface area (Å²) in [5, 5.41) is 8.70. The number of aryl methyl sites for hydroxylation is 2. The van der Waals surface area contributed by atoms with Crippen LogP contribution in [0.5, 0.6) is 0 Å². The van der Waals surface area contributed by atoms with Gasteiger partial charge in [0.05, 0.1) is 0 Å². The van der Waals surface area contributed by atoms with Crippen molar-refractivity contribution < 1.29 is 8.81 Å². The van der Waals surface area contributed by atoms with Gasteiger partial charge in [0.25, 0.3) is 0 Å². The lowest BCUT2D eigenvalue weighted by Gasteiger charge is -2.39. The summed E-state index contributed by atoms with van der Waals surface area (Å²) in [6, 6.07) is 22.7. The Morgan fingerprint density at radius 2 is 1.58 bits per heavy atom. The number of hydrogen-bond donors (Lipinski definition) is 0. The highest BCUT2D eigenvalue weighted by atomic mass is 19.1. The fourth-order valence-corrected chi connectivity index (χ4v) is 4.58. The molecule has 2 heterocycles. The molecule has 5 nitrogen and oxygen atoms in total. The van der Waals surface area contributed by atoms with Crippen LogP contribution >= 0.6 is 0 Å². The summed E-state index contributed by atoms with van der Waals surface area (Å²) >= 11 is 0. The first-order chi connectivity index (χ1) is 16.1. The lowest BCUT2D eigenvalue weighted by atomic mass is 10.0. The van der Waals surface area contributed by atoms with Crippen molar-refractivity contribution in [1.29, 1.82) is 0 Å². The van der Waals surface area contributed by atoms with Crippen molar-refractivity contribution in [2.75, 3.05) is 31.1 Å². The zero-order chi connectivity index (χ0) is 22.8. The van der Waals surface area contributed by atoms with Crippen molar-refractivity contribution in [2.45, 2.75) is 19.9 Å². The third-order valence-electron chi connectivity index (χ3n) is 6.25. The Hall–Kier alpha value is -3.51. The Morgan fingerprint density at radius 3 is 2.27 bits per heavy atom. The van der Waals surface area contributed by atoms with Crippen LogP contribution in [-0.4, -0.2) is 41.3 Å². The predicted molar refractivity (Wildman–Crippen MR) is 128 cm³/mol. The van der Waals surface area contributed by atoms with Crippen LogP contribution in [0.3, 0.4) is 0 Å². The van der Waals surface area contributed by atoms with Crippen molar-refractivity contribution >= 4 is 5.69 Å². The second kappa shape index (κ2) is 9.16. The van der Waals surface area contributed by atoms with Gasteiger partial charge in [0.2, 0.25) is 11.8 Å². The summed E-state index contributed by atoms with van der Waals surface area (Å²) in [4.78, 5) is 4.77. The standard InChI is InChI=1S/C27H27FN4O/c1-19-8-13-24(20(2)18-19)31-14-16-32(17-15-31)25(21-9-11-23(28)12-10-21)27-30-29-26(33-27)22-6-4-3-5-7-22/h3-13,18,25H,14-17H2,1-2H3. The molecular weight excluding hydrogens is 415 g/mol. The maximum Gasteiger partial charge on any atom is 0.247 e. The highest BCUT2D eigenvalue weighted by Crippen LogP contribution is 2.32. The number of anilines is 1. The predicted octanol–water partition coefficient (Wildman–Crippen LogP) is 5.40. The molecule has 0 amide bonds. The Labute approximate surface area is 193 Å². The average molecular weight is 443 g/mol. The molecule has 33 heavy (non-hydrogen) atoms. The number of aromatic nitrogens is 2. The molecule has 0 N–H and O–H groups in total. The summed E-state index contributed by atoms with van der Waals surface area (Å²) in [7, 11) is 0. The van der Waals surface area contributed by atoms with Crippen LogP contribution in [0.4, 0.5) is 10.1 Å². The molecule has 1 atom stereocenters. The monoisotopic (exact) mass is 442 g/mol. The average Bonchev–Trinajstić information content (AvgIpc) is 3.32. The summed E-state index contributed by atoms with van der Waals surface area (Å²) < 4.78 is 19.8. The molecular formula is C27H27FN4O. The van der Waals surface area contributed by atoms with Gasteiger partial charge in [0, 0.05) is 37.4 Å². The normalized spacial score (nSPS) is 15.5. The van der Waals surface area contributed by atoms with E-state index in [1.165, 1.54) is 28.9 Å². The molecule has 0 bridgehead atoms. The van der Waals surface area contributed by atoms with E-state index in [4.69, 9.17) is 4.42 Å². The van der Waals surface area contributed by atoms with Crippen molar-refractivity contribution in [1.82, 2.24) is 15.1 Å². The van der Waals surface area contributed by atoms with Gasteiger partial charge in [-0.2, -0.15) is 0 Å². The molecule has 4 aromatic rings. The summed E-state index contributed by atoms with van der Waals surface area (Å²) in [6.07, 6.45) is 0. The molecule has 0 spiro atoms. The van der Waals surface area contributed by atoms with Crippen LogP contribution in [-0.2, 0) is 0 Å². The van der Waals surface area contributed by atoms with E-state index in [9.17, 15) is 4.39 Å². The second-order valence-electron chi connectivity index (χ2n) is 8.58. The lowest BCUT2D eigenvalue weighted by molar-refractivity contribution is 0.188. The van der Waals surface area contributed by atoms with Crippen LogP contribution in [0.15, 0.2) is 77.2 Å². The molecule has 1 saturated heterocycles. The van der Waals surface area contributed by atoms with Gasteiger partial charge in [-0.15, -0.1) is 10.2 Å². The third-order valence-corrected chi connectivity index (χ3v) is 6.25. The smallest absolute Gasteiger partial charge is 0.247 e. The molecule has 1 aliphatic heterocycles. The molecule has 1 aliphatic rings. The molecule has 1 fully saturated rings. The minimum absolute atomic E-state index is 0.225. The van der Waals surface area contributed by atoms with Gasteiger partial charge >= 0.3 is 0 Å². The molecule has 0 aliphatic carbocycles. The molecule has 5 rings (SSSR count). The number of benzene rings is 3. The zero-order valence-corrected chi connectivity index (χ0v) is 18.9. The van der Waals surface area contributed by atoms with Gasteiger partial charge in [0.15, 0.2) is 0 Å². The first-order valence-electron chi connectivity index (χ1n) is 11.3. The lowest BCUT2D eigenvalue weighted by Crippen LogP contribution is -2.48. The fraction of sp³-hybridized carbons (Fsp3) is 0.259. The quantitative estimate of drug-likeness (QED) is 0.414. The summed E-state index contributed by atoms with van der Waals surface area (Å²) in [5.41, 5.74) is 5.68. The van der Waals surface area contributed by atoms with E-state index < -0.39 is 0 Å². The number of halogens is 1. The van der Waals surface area contributed by atoms with Gasteiger partial charge < -0.3 is 9.32 Å². The van der Waals surface area contributed by atoms with Gasteiger partial charge in [0.1, 0.15) is 11.9 Å². The Balaban J connectivity index is 1.41. The number of nitrogens with zero attached hydrogens (tertiary/aromatic N) is 4. The fourth-order valence-electron chi connectivity index (χ4n) is 4.58. The van der Waals surface area contributed by atoms with E-state index in [1.807, 2.05) is 42.5 Å². The van der Waals surface area contributed by atoms with Crippen molar-refractivity contribution in [3.05, 3.63) is 101 Å². The molecule has 0 radical (unpaired) electrons. The van der Waals surface area contributed by atoms with Crippen LogP contribution < -0.4 is 4.90 Å². The maximum atomic E-state index is 13.7. The molecule has 1 aromatic heterocycles. The topological polar surface area (TPSA) is 45.4 Å². The van der Waals surface area contributed by atoms with Crippen LogP contribution in [0.25, 0.3) is 11.5 Å². The van der Waals surface area contributed by atoms with E-state index in [0.29, 0.717) is 11.8 Å². The van der Waals surface area contributed by atoms with E-state index in [-0.39, 0.29) is 11.9 Å². The first kappa shape index (κ1) is 21.3. The van der Waals surface area contributed by atoms with E-state index in [2.05, 4.69) is 52.0 Å². The molecule has 168 valence electrons. The maximum absolute atomic E-state index is 13.7. The third kappa shape index (κ3) is 4.52. The minimum Gasteiger partial charge on any atom is -0.419 e. The Bertz CT molecular complexity index is 1210. The summed E-state index contributed by atoms with van der Waals surface area (Å²) in [5.74, 6) is 0.764. The number of rotatable bonds is 5. The zero-order valence-electron chi connectivity index (χ0n) is 18.9. The van der Waals surface area contributed by atoms with Crippen molar-refractivity contribution in [2.24, 2.45) is 0 Å². The highest BCUT2D eigenvalue weighted by Gasteiger charge is 2.31. The van der Waals surface area contributed by atoms with Gasteiger partial charge in [-0.1, -0.05) is 48.0 Å². The van der Waals surface area contributed by atoms with Crippen molar-refractivity contribution in [3.63, 3.8) is 0 Å². The van der Waals surface area contributed by atoms with Gasteiger partial charge in [-0.05, 0) is 55.3 Å². The molecule has 1 unspecified atom stereocenters. The molecule has 3 aromatic carbocycles. The highest BCUT2D eigenvalue weighted by molar-refractivity contribution is 5.55. The van der Waals surface area contributed by atoms with E-state index >= 15 is 0 Å². The summed E-state index contributed by atoms with van der Waals surface area (Å²) in [6.45, 7) is 7.73. The van der Waals surface area contributed by atoms with Crippen LogP contribution in [0.1, 0.15) is 28.6 Å². The first-order valence-corrected chi connectivity index (χ1v) is 11.3. The van der Waals surface area contributed by atoms with Crippen molar-refractivity contribution in [3.8, 4) is 11.5 Å². The largest absolute Gasteiger partial charge is 0.419 e. The Morgan fingerprint density at radius 1 is 0.848 bits per heavy atom. The Kier molecular flexibility index (Phi) is 5.92. The van der Waals surface area contributed by atoms with E-state index in [1.54, 1.807) is 0 Å². The van der Waals surface area contributed by atoms with Crippen LogP contribution in [0, 0.1) is 19.7 Å². The number of hydrogen-bond acceptors (Lipinski definition) is 5. The molecule has 6 heteroatoms. The van der Waals surface area contributed by atoms with E-state index in [0.717, 1.165) is 37.3 Å². The van der Waals surface area contributed by atoms with Crippen LogP contribution in [0.2, 0.25) is 0 Å². The number of piperazine rings is 1. The molecule has 0 saturated carbocycles. The second-order valence-corrected chi connectivity index (χ2v) is 8.58. The minimum atomic E-state index is -0.257. The van der Waals surface area contributed by atoms with Gasteiger partial charge in [-0.25, -0.2) is 4.39 Å².